The van der Waals surface area contributed by atoms with E-state index in [-0.39, 0.29) is 0 Å². The number of hydrogen-bond donors (Lipinski definition) is 3. The van der Waals surface area contributed by atoms with E-state index in [2.05, 4.69) is 52.9 Å². The van der Waals surface area contributed by atoms with E-state index in [0.29, 0.717) is 6.04 Å². The number of aryl methyl sites for hydroxylation is 1. The normalized spacial score (nSPS) is 16.4. The monoisotopic (exact) mass is 346 g/mol. The average molecular weight is 346 g/mol. The first-order chi connectivity index (χ1) is 12.7. The van der Waals surface area contributed by atoms with Crippen LogP contribution in [0, 0.1) is 0 Å². The molecule has 1 aromatic heterocycles. The molecule has 1 aliphatic rings. The van der Waals surface area contributed by atoms with Crippen LogP contribution < -0.4 is 5.32 Å². The summed E-state index contributed by atoms with van der Waals surface area (Å²) in [6.07, 6.45) is 8.07. The number of carboxylic acid groups (broad SMARTS) is 1. The third-order valence-corrected chi connectivity index (χ3v) is 5.12. The number of carboxylic acids is 1. The maximum Gasteiger partial charge on any atom is 0.328 e. The lowest BCUT2D eigenvalue weighted by molar-refractivity contribution is -0.131. The molecule has 4 heteroatoms. The third kappa shape index (κ3) is 3.41. The topological polar surface area (TPSA) is 65.1 Å². The number of carbonyl (C=O) groups is 1. The minimum atomic E-state index is -0.915. The molecule has 0 bridgehead atoms. The molecule has 3 N–H and O–H groups in total. The minimum absolute atomic E-state index is 0.382. The van der Waals surface area contributed by atoms with E-state index >= 15 is 0 Å². The Balaban J connectivity index is 1.39. The summed E-state index contributed by atoms with van der Waals surface area (Å²) in [6.45, 7) is 0.937. The molecule has 2 aromatic carbocycles. The van der Waals surface area contributed by atoms with Crippen LogP contribution in [0.1, 0.15) is 34.7 Å². The van der Waals surface area contributed by atoms with Gasteiger partial charge in [-0.2, -0.15) is 0 Å². The maximum atomic E-state index is 10.7. The molecule has 1 unspecified atom stereocenters. The van der Waals surface area contributed by atoms with Crippen LogP contribution in [0.15, 0.2) is 54.7 Å². The molecule has 0 saturated carbocycles. The van der Waals surface area contributed by atoms with Crippen molar-refractivity contribution < 1.29 is 9.90 Å². The zero-order valence-electron chi connectivity index (χ0n) is 14.5. The van der Waals surface area contributed by atoms with Gasteiger partial charge in [-0.05, 0) is 60.2 Å². The fourth-order valence-corrected chi connectivity index (χ4v) is 3.84. The number of nitrogens with one attached hydrogen (secondary N) is 2. The molecule has 0 fully saturated rings. The number of para-hydroxylation sites is 1. The fourth-order valence-electron chi connectivity index (χ4n) is 3.84. The van der Waals surface area contributed by atoms with Crippen molar-refractivity contribution in [3.05, 3.63) is 77.0 Å². The van der Waals surface area contributed by atoms with E-state index < -0.39 is 5.97 Å². The predicted molar refractivity (Wildman–Crippen MR) is 104 cm³/mol. The van der Waals surface area contributed by atoms with Crippen molar-refractivity contribution in [2.24, 2.45) is 0 Å². The zero-order valence-corrected chi connectivity index (χ0v) is 14.5. The molecule has 0 amide bonds. The van der Waals surface area contributed by atoms with Crippen LogP contribution in [0.25, 0.3) is 17.0 Å². The molecule has 0 aliphatic heterocycles. The van der Waals surface area contributed by atoms with Gasteiger partial charge in [-0.15, -0.1) is 0 Å². The lowest BCUT2D eigenvalue weighted by Gasteiger charge is -2.14. The summed E-state index contributed by atoms with van der Waals surface area (Å²) >= 11 is 0. The number of fused-ring (bicyclic) bond motifs is 2. The van der Waals surface area contributed by atoms with Gasteiger partial charge in [0.25, 0.3) is 0 Å². The summed E-state index contributed by atoms with van der Waals surface area (Å²) in [5, 5.41) is 13.7. The van der Waals surface area contributed by atoms with E-state index in [1.807, 2.05) is 6.07 Å². The zero-order chi connectivity index (χ0) is 17.9. The van der Waals surface area contributed by atoms with Crippen LogP contribution in [-0.2, 0) is 17.6 Å². The molecule has 0 saturated heterocycles. The molecule has 0 radical (unpaired) electrons. The molecule has 4 rings (SSSR count). The molecule has 1 aliphatic carbocycles. The van der Waals surface area contributed by atoms with E-state index in [9.17, 15) is 4.79 Å². The van der Waals surface area contributed by atoms with Gasteiger partial charge >= 0.3 is 5.97 Å². The van der Waals surface area contributed by atoms with Crippen LogP contribution in [-0.4, -0.2) is 22.6 Å². The lowest BCUT2D eigenvalue weighted by atomic mass is 10.0. The van der Waals surface area contributed by atoms with Gasteiger partial charge in [0.2, 0.25) is 0 Å². The second-order valence-corrected chi connectivity index (χ2v) is 6.78. The first-order valence-corrected chi connectivity index (χ1v) is 9.03. The van der Waals surface area contributed by atoms with Crippen LogP contribution in [0.5, 0.6) is 0 Å². The summed E-state index contributed by atoms with van der Waals surface area (Å²) in [4.78, 5) is 14.0. The average Bonchev–Trinajstić information content (AvgIpc) is 3.24. The lowest BCUT2D eigenvalue weighted by Crippen LogP contribution is -2.21. The molecule has 3 aromatic rings. The Kier molecular flexibility index (Phi) is 4.59. The number of rotatable bonds is 6. The highest BCUT2D eigenvalue weighted by Crippen LogP contribution is 2.32. The summed E-state index contributed by atoms with van der Waals surface area (Å²) in [5.41, 5.74) is 6.15. The van der Waals surface area contributed by atoms with Gasteiger partial charge in [-0.25, -0.2) is 4.79 Å². The Hall–Kier alpha value is -2.85. The Morgan fingerprint density at radius 2 is 2.15 bits per heavy atom. The van der Waals surface area contributed by atoms with Gasteiger partial charge in [-0.3, -0.25) is 0 Å². The summed E-state index contributed by atoms with van der Waals surface area (Å²) in [7, 11) is 0. The Morgan fingerprint density at radius 1 is 1.27 bits per heavy atom. The first-order valence-electron chi connectivity index (χ1n) is 9.03. The van der Waals surface area contributed by atoms with Gasteiger partial charge in [-0.1, -0.05) is 36.4 Å². The Bertz CT molecular complexity index is 971. The van der Waals surface area contributed by atoms with Crippen LogP contribution in [0.3, 0.4) is 0 Å². The molecule has 1 atom stereocenters. The van der Waals surface area contributed by atoms with Gasteiger partial charge < -0.3 is 15.4 Å². The van der Waals surface area contributed by atoms with Crippen molar-refractivity contribution in [2.45, 2.75) is 25.3 Å². The highest BCUT2D eigenvalue weighted by molar-refractivity contribution is 5.85. The third-order valence-electron chi connectivity index (χ3n) is 5.12. The Labute approximate surface area is 152 Å². The highest BCUT2D eigenvalue weighted by Gasteiger charge is 2.21. The Morgan fingerprint density at radius 3 is 3.04 bits per heavy atom. The number of aromatic nitrogens is 1. The molecule has 132 valence electrons. The van der Waals surface area contributed by atoms with Gasteiger partial charge in [0.05, 0.1) is 0 Å². The van der Waals surface area contributed by atoms with Crippen molar-refractivity contribution in [2.75, 3.05) is 6.54 Å². The van der Waals surface area contributed by atoms with Gasteiger partial charge in [0, 0.05) is 29.2 Å². The van der Waals surface area contributed by atoms with Crippen LogP contribution >= 0.6 is 0 Å². The van der Waals surface area contributed by atoms with E-state index in [0.717, 1.165) is 31.4 Å². The number of H-pyrrole nitrogens is 1. The largest absolute Gasteiger partial charge is 0.478 e. The molecular formula is C22H22N2O2. The summed E-state index contributed by atoms with van der Waals surface area (Å²) in [5.74, 6) is -0.915. The van der Waals surface area contributed by atoms with Crippen molar-refractivity contribution in [1.82, 2.24) is 10.3 Å². The van der Waals surface area contributed by atoms with Crippen molar-refractivity contribution in [3.8, 4) is 0 Å². The quantitative estimate of drug-likeness (QED) is 0.589. The van der Waals surface area contributed by atoms with Crippen LogP contribution in [0.2, 0.25) is 0 Å². The maximum absolute atomic E-state index is 10.7. The molecule has 1 heterocycles. The highest BCUT2D eigenvalue weighted by atomic mass is 16.4. The molecule has 4 nitrogen and oxygen atoms in total. The first kappa shape index (κ1) is 16.6. The number of aromatic amines is 1. The summed E-state index contributed by atoms with van der Waals surface area (Å²) in [6, 6.07) is 15.0. The van der Waals surface area contributed by atoms with Crippen molar-refractivity contribution in [1.29, 1.82) is 0 Å². The smallest absolute Gasteiger partial charge is 0.328 e. The molecule has 26 heavy (non-hydrogen) atoms. The SMILES string of the molecule is O=C(O)C=Cc1ccc2c(c1)CCC2NCCc1c[nH]c2ccccc12. The minimum Gasteiger partial charge on any atom is -0.478 e. The number of hydrogen-bond acceptors (Lipinski definition) is 2. The second-order valence-electron chi connectivity index (χ2n) is 6.78. The molecular weight excluding hydrogens is 324 g/mol. The molecule has 0 spiro atoms. The van der Waals surface area contributed by atoms with Crippen LogP contribution in [0.4, 0.5) is 0 Å². The standard InChI is InChI=1S/C22H22N2O2/c25-22(26)10-6-15-5-8-19-16(13-15)7-9-21(19)23-12-11-17-14-24-20-4-2-1-3-18(17)20/h1-6,8,10,13-14,21,23-24H,7,9,11-12H2,(H,25,26). The van der Waals surface area contributed by atoms with Gasteiger partial charge in [0.15, 0.2) is 0 Å². The van der Waals surface area contributed by atoms with Crippen molar-refractivity contribution >= 4 is 22.9 Å². The number of benzene rings is 2. The van der Waals surface area contributed by atoms with E-state index in [1.54, 1.807) is 6.08 Å². The van der Waals surface area contributed by atoms with Crippen molar-refractivity contribution in [3.63, 3.8) is 0 Å². The summed E-state index contributed by atoms with van der Waals surface area (Å²) < 4.78 is 0. The van der Waals surface area contributed by atoms with Gasteiger partial charge in [0.1, 0.15) is 0 Å². The van der Waals surface area contributed by atoms with E-state index in [1.165, 1.54) is 33.7 Å². The number of aliphatic carboxylic acids is 1. The fraction of sp³-hybridized carbons (Fsp3) is 0.227. The van der Waals surface area contributed by atoms with E-state index in [4.69, 9.17) is 5.11 Å². The second kappa shape index (κ2) is 7.18. The predicted octanol–water partition coefficient (Wildman–Crippen LogP) is 4.09.